The van der Waals surface area contributed by atoms with Crippen molar-refractivity contribution >= 4 is 23.7 Å². The van der Waals surface area contributed by atoms with Crippen molar-refractivity contribution in [2.75, 3.05) is 11.1 Å². The molecule has 5 nitrogen and oxygen atoms in total. The number of nitrogens with one attached hydrogen (secondary N) is 1. The molecule has 1 N–H and O–H groups in total. The molecule has 0 spiro atoms. The molecule has 0 saturated carbocycles. The highest BCUT2D eigenvalue weighted by atomic mass is 32.2. The van der Waals surface area contributed by atoms with Gasteiger partial charge in [0.05, 0.1) is 6.42 Å². The second-order valence-electron chi connectivity index (χ2n) is 5.26. The second kappa shape index (κ2) is 8.43. The zero-order valence-corrected chi connectivity index (χ0v) is 14.1. The van der Waals surface area contributed by atoms with Crippen LogP contribution in [0.5, 0.6) is 0 Å². The Morgan fingerprint density at radius 2 is 1.84 bits per heavy atom. The van der Waals surface area contributed by atoms with Crippen LogP contribution in [0.1, 0.15) is 17.9 Å². The van der Waals surface area contributed by atoms with Gasteiger partial charge in [-0.2, -0.15) is 0 Å². The fourth-order valence-electron chi connectivity index (χ4n) is 2.12. The third-order valence-corrected chi connectivity index (χ3v) is 4.34. The normalized spacial score (nSPS) is 10.6. The quantitative estimate of drug-likeness (QED) is 0.649. The van der Waals surface area contributed by atoms with Gasteiger partial charge in [-0.1, -0.05) is 35.4 Å². The number of aromatic nitrogens is 2. The largest absolute Gasteiger partial charge is 0.407 e. The highest BCUT2D eigenvalue weighted by Crippen LogP contribution is 2.19. The third-order valence-electron chi connectivity index (χ3n) is 3.32. The zero-order valence-electron chi connectivity index (χ0n) is 13.3. The number of anilines is 1. The summed E-state index contributed by atoms with van der Waals surface area (Å²) in [4.78, 5) is 12.8. The first-order chi connectivity index (χ1) is 12.2. The first-order valence-corrected chi connectivity index (χ1v) is 8.72. The lowest BCUT2D eigenvalue weighted by atomic mass is 10.2. The molecule has 3 aromatic rings. The van der Waals surface area contributed by atoms with Gasteiger partial charge >= 0.3 is 6.01 Å². The van der Waals surface area contributed by atoms with Crippen molar-refractivity contribution in [2.24, 2.45) is 0 Å². The van der Waals surface area contributed by atoms with Gasteiger partial charge in [-0.05, 0) is 29.8 Å². The van der Waals surface area contributed by atoms with E-state index in [9.17, 15) is 9.18 Å². The highest BCUT2D eigenvalue weighted by molar-refractivity contribution is 7.99. The molecule has 2 aromatic carbocycles. The Kier molecular flexibility index (Phi) is 5.79. The standard InChI is InChI=1S/C18H16FN3O2S/c19-14-6-8-15(9-7-14)25-11-10-16(23)20-18-22-21-17(24-18)12-13-4-2-1-3-5-13/h1-9H,10-12H2,(H,20,22,23). The molecule has 0 saturated heterocycles. The van der Waals surface area contributed by atoms with Crippen LogP contribution in [0.2, 0.25) is 0 Å². The molecule has 0 aliphatic rings. The molecule has 0 radical (unpaired) electrons. The number of amides is 1. The number of carbonyl (C=O) groups excluding carboxylic acids is 1. The van der Waals surface area contributed by atoms with E-state index in [4.69, 9.17) is 4.42 Å². The van der Waals surface area contributed by atoms with Gasteiger partial charge in [0.2, 0.25) is 11.8 Å². The SMILES string of the molecule is O=C(CCSc1ccc(F)cc1)Nc1nnc(Cc2ccccc2)o1. The molecular formula is C18H16FN3O2S. The minimum atomic E-state index is -0.273. The molecule has 1 amide bonds. The van der Waals surface area contributed by atoms with Crippen molar-refractivity contribution < 1.29 is 13.6 Å². The van der Waals surface area contributed by atoms with Crippen LogP contribution in [-0.4, -0.2) is 21.9 Å². The van der Waals surface area contributed by atoms with E-state index in [0.717, 1.165) is 10.5 Å². The number of benzene rings is 2. The Labute approximate surface area is 148 Å². The molecule has 7 heteroatoms. The van der Waals surface area contributed by atoms with E-state index in [2.05, 4.69) is 15.5 Å². The van der Waals surface area contributed by atoms with Crippen molar-refractivity contribution in [2.45, 2.75) is 17.7 Å². The molecule has 0 fully saturated rings. The Morgan fingerprint density at radius 1 is 1.08 bits per heavy atom. The number of rotatable bonds is 7. The maximum absolute atomic E-state index is 12.8. The van der Waals surface area contributed by atoms with Gasteiger partial charge in [0.25, 0.3) is 0 Å². The Balaban J connectivity index is 1.44. The van der Waals surface area contributed by atoms with Crippen molar-refractivity contribution in [3.8, 4) is 0 Å². The molecule has 3 rings (SSSR count). The summed E-state index contributed by atoms with van der Waals surface area (Å²) in [5, 5.41) is 10.4. The number of halogens is 1. The summed E-state index contributed by atoms with van der Waals surface area (Å²) >= 11 is 1.48. The minimum absolute atomic E-state index is 0.0997. The van der Waals surface area contributed by atoms with Gasteiger partial charge < -0.3 is 4.42 Å². The van der Waals surface area contributed by atoms with Crippen molar-refractivity contribution in [1.82, 2.24) is 10.2 Å². The van der Waals surface area contributed by atoms with Crippen LogP contribution < -0.4 is 5.32 Å². The lowest BCUT2D eigenvalue weighted by molar-refractivity contribution is -0.115. The fraction of sp³-hybridized carbons (Fsp3) is 0.167. The van der Waals surface area contributed by atoms with Crippen LogP contribution >= 0.6 is 11.8 Å². The summed E-state index contributed by atoms with van der Waals surface area (Å²) in [5.74, 6) is 0.541. The van der Waals surface area contributed by atoms with Gasteiger partial charge in [-0.3, -0.25) is 10.1 Å². The number of nitrogens with zero attached hydrogens (tertiary/aromatic N) is 2. The molecule has 1 aromatic heterocycles. The topological polar surface area (TPSA) is 68.0 Å². The van der Waals surface area contributed by atoms with Crippen LogP contribution in [0, 0.1) is 5.82 Å². The number of hydrogen-bond donors (Lipinski definition) is 1. The van der Waals surface area contributed by atoms with E-state index in [-0.39, 0.29) is 17.7 Å². The van der Waals surface area contributed by atoms with Crippen molar-refractivity contribution in [3.05, 3.63) is 71.9 Å². The average Bonchev–Trinajstić information content (AvgIpc) is 3.04. The molecule has 0 unspecified atom stereocenters. The average molecular weight is 357 g/mol. The van der Waals surface area contributed by atoms with Gasteiger partial charge in [0.15, 0.2) is 0 Å². The predicted octanol–water partition coefficient (Wildman–Crippen LogP) is 3.92. The van der Waals surface area contributed by atoms with Crippen LogP contribution in [-0.2, 0) is 11.2 Å². The van der Waals surface area contributed by atoms with Crippen LogP contribution in [0.4, 0.5) is 10.4 Å². The fourth-order valence-corrected chi connectivity index (χ4v) is 2.97. The van der Waals surface area contributed by atoms with E-state index in [1.54, 1.807) is 12.1 Å². The molecular weight excluding hydrogens is 341 g/mol. The first kappa shape index (κ1) is 17.2. The molecule has 128 valence electrons. The van der Waals surface area contributed by atoms with Gasteiger partial charge in [-0.15, -0.1) is 16.9 Å². The highest BCUT2D eigenvalue weighted by Gasteiger charge is 2.10. The molecule has 0 atom stereocenters. The number of thioether (sulfide) groups is 1. The smallest absolute Gasteiger partial charge is 0.322 e. The van der Waals surface area contributed by atoms with E-state index in [1.807, 2.05) is 30.3 Å². The number of carbonyl (C=O) groups is 1. The van der Waals surface area contributed by atoms with Gasteiger partial charge in [-0.25, -0.2) is 4.39 Å². The van der Waals surface area contributed by atoms with Crippen LogP contribution in [0.15, 0.2) is 63.9 Å². The van der Waals surface area contributed by atoms with Gasteiger partial charge in [0, 0.05) is 17.1 Å². The molecule has 25 heavy (non-hydrogen) atoms. The van der Waals surface area contributed by atoms with Gasteiger partial charge in [0.1, 0.15) is 5.82 Å². The van der Waals surface area contributed by atoms with E-state index >= 15 is 0 Å². The molecule has 0 aliphatic carbocycles. The lowest BCUT2D eigenvalue weighted by Crippen LogP contribution is -2.12. The van der Waals surface area contributed by atoms with E-state index in [1.165, 1.54) is 23.9 Å². The lowest BCUT2D eigenvalue weighted by Gasteiger charge is -2.01. The number of hydrogen-bond acceptors (Lipinski definition) is 5. The monoisotopic (exact) mass is 357 g/mol. The van der Waals surface area contributed by atoms with Crippen LogP contribution in [0.25, 0.3) is 0 Å². The van der Waals surface area contributed by atoms with Crippen LogP contribution in [0.3, 0.4) is 0 Å². The van der Waals surface area contributed by atoms with E-state index in [0.29, 0.717) is 24.5 Å². The Hall–Kier alpha value is -2.67. The zero-order chi connectivity index (χ0) is 17.5. The summed E-state index contributed by atoms with van der Waals surface area (Å²) in [5.41, 5.74) is 1.06. The summed E-state index contributed by atoms with van der Waals surface area (Å²) < 4.78 is 18.3. The Morgan fingerprint density at radius 3 is 2.60 bits per heavy atom. The van der Waals surface area contributed by atoms with Crippen molar-refractivity contribution in [3.63, 3.8) is 0 Å². The summed E-state index contributed by atoms with van der Waals surface area (Å²) in [6, 6.07) is 16.0. The summed E-state index contributed by atoms with van der Waals surface area (Å²) in [6.07, 6.45) is 0.808. The second-order valence-corrected chi connectivity index (χ2v) is 6.43. The first-order valence-electron chi connectivity index (χ1n) is 7.73. The maximum Gasteiger partial charge on any atom is 0.322 e. The minimum Gasteiger partial charge on any atom is -0.407 e. The Bertz CT molecular complexity index is 822. The summed E-state index contributed by atoms with van der Waals surface area (Å²) in [6.45, 7) is 0. The molecule has 0 aliphatic heterocycles. The third kappa shape index (κ3) is 5.42. The predicted molar refractivity (Wildman–Crippen MR) is 93.9 cm³/mol. The van der Waals surface area contributed by atoms with Crippen molar-refractivity contribution in [1.29, 1.82) is 0 Å². The molecule has 0 bridgehead atoms. The molecule has 1 heterocycles. The van der Waals surface area contributed by atoms with E-state index < -0.39 is 0 Å². The summed E-state index contributed by atoms with van der Waals surface area (Å²) in [7, 11) is 0. The maximum atomic E-state index is 12.8.